The van der Waals surface area contributed by atoms with Crippen LogP contribution >= 0.6 is 11.8 Å². The normalized spacial score (nSPS) is 16.6. The Hall–Kier alpha value is -1.16. The highest BCUT2D eigenvalue weighted by molar-refractivity contribution is 8.14. The van der Waals surface area contributed by atoms with Crippen LogP contribution in [0, 0.1) is 5.41 Å². The number of anilines is 1. The first kappa shape index (κ1) is 8.44. The van der Waals surface area contributed by atoms with Crippen molar-refractivity contribution in [2.75, 3.05) is 17.2 Å². The number of phenolic OH excluding ortho intramolecular Hbond substituents is 1. The second-order valence-electron chi connectivity index (χ2n) is 2.82. The van der Waals surface area contributed by atoms with E-state index in [1.54, 1.807) is 23.9 Å². The standard InChI is InChI=1S/C9H10N2OS/c10-9-11(5-6-13-9)7-1-3-8(12)4-2-7/h1-4,10,12H,5-6H2. The second kappa shape index (κ2) is 3.30. The zero-order valence-corrected chi connectivity index (χ0v) is 7.84. The molecule has 1 heterocycles. The van der Waals surface area contributed by atoms with Crippen molar-refractivity contribution in [1.29, 1.82) is 5.41 Å². The minimum absolute atomic E-state index is 0.266. The quantitative estimate of drug-likeness (QED) is 0.717. The van der Waals surface area contributed by atoms with Gasteiger partial charge in [0.15, 0.2) is 5.17 Å². The number of nitrogens with zero attached hydrogens (tertiary/aromatic N) is 1. The lowest BCUT2D eigenvalue weighted by molar-refractivity contribution is 0.475. The van der Waals surface area contributed by atoms with E-state index < -0.39 is 0 Å². The Kier molecular flexibility index (Phi) is 2.14. The number of rotatable bonds is 1. The first-order valence-corrected chi connectivity index (χ1v) is 5.04. The summed E-state index contributed by atoms with van der Waals surface area (Å²) in [5.74, 6) is 1.24. The summed E-state index contributed by atoms with van der Waals surface area (Å²) in [7, 11) is 0. The minimum Gasteiger partial charge on any atom is -0.508 e. The van der Waals surface area contributed by atoms with E-state index in [-0.39, 0.29) is 5.75 Å². The monoisotopic (exact) mass is 194 g/mol. The molecule has 1 aliphatic heterocycles. The molecule has 1 aromatic rings. The molecule has 1 aromatic carbocycles. The van der Waals surface area contributed by atoms with Crippen LogP contribution in [0.25, 0.3) is 0 Å². The average Bonchev–Trinajstić information content (AvgIpc) is 2.53. The highest BCUT2D eigenvalue weighted by Crippen LogP contribution is 2.25. The van der Waals surface area contributed by atoms with Gasteiger partial charge in [-0.25, -0.2) is 0 Å². The van der Waals surface area contributed by atoms with Crippen LogP contribution in [0.15, 0.2) is 24.3 Å². The number of amidine groups is 1. The molecule has 0 unspecified atom stereocenters. The Balaban J connectivity index is 2.25. The molecule has 0 atom stereocenters. The molecular weight excluding hydrogens is 184 g/mol. The number of thioether (sulfide) groups is 1. The van der Waals surface area contributed by atoms with Crippen molar-refractivity contribution < 1.29 is 5.11 Å². The van der Waals surface area contributed by atoms with Gasteiger partial charge in [0.05, 0.1) is 0 Å². The topological polar surface area (TPSA) is 47.3 Å². The molecule has 0 amide bonds. The van der Waals surface area contributed by atoms with Crippen LogP contribution in [0.4, 0.5) is 5.69 Å². The number of hydrogen-bond acceptors (Lipinski definition) is 3. The molecule has 0 saturated carbocycles. The lowest BCUT2D eigenvalue weighted by atomic mass is 10.3. The third kappa shape index (κ3) is 1.62. The smallest absolute Gasteiger partial charge is 0.160 e. The van der Waals surface area contributed by atoms with Gasteiger partial charge in [-0.1, -0.05) is 11.8 Å². The molecule has 1 fully saturated rings. The first-order chi connectivity index (χ1) is 6.27. The SMILES string of the molecule is N=C1SCCN1c1ccc(O)cc1. The van der Waals surface area contributed by atoms with Crippen molar-refractivity contribution in [2.24, 2.45) is 0 Å². The van der Waals surface area contributed by atoms with Crippen LogP contribution < -0.4 is 4.90 Å². The molecular formula is C9H10N2OS. The fourth-order valence-electron chi connectivity index (χ4n) is 1.29. The van der Waals surface area contributed by atoms with Crippen molar-refractivity contribution >= 4 is 22.6 Å². The van der Waals surface area contributed by atoms with Crippen molar-refractivity contribution in [3.63, 3.8) is 0 Å². The van der Waals surface area contributed by atoms with E-state index in [0.717, 1.165) is 18.0 Å². The van der Waals surface area contributed by atoms with Gasteiger partial charge in [-0.2, -0.15) is 0 Å². The fourth-order valence-corrected chi connectivity index (χ4v) is 2.11. The maximum absolute atomic E-state index is 9.09. The van der Waals surface area contributed by atoms with Gasteiger partial charge in [0.1, 0.15) is 5.75 Å². The molecule has 0 spiro atoms. The van der Waals surface area contributed by atoms with E-state index in [4.69, 9.17) is 10.5 Å². The average molecular weight is 194 g/mol. The highest BCUT2D eigenvalue weighted by atomic mass is 32.2. The molecule has 1 saturated heterocycles. The van der Waals surface area contributed by atoms with Crippen LogP contribution in [-0.2, 0) is 0 Å². The molecule has 2 rings (SSSR count). The summed E-state index contributed by atoms with van der Waals surface area (Å²) in [6.45, 7) is 0.883. The fraction of sp³-hybridized carbons (Fsp3) is 0.222. The maximum atomic E-state index is 9.09. The summed E-state index contributed by atoms with van der Waals surface area (Å²) in [6.07, 6.45) is 0. The van der Waals surface area contributed by atoms with Crippen LogP contribution in [0.1, 0.15) is 0 Å². The van der Waals surface area contributed by atoms with Gasteiger partial charge in [-0.15, -0.1) is 0 Å². The van der Waals surface area contributed by atoms with Crippen LogP contribution in [-0.4, -0.2) is 22.6 Å². The minimum atomic E-state index is 0.266. The van der Waals surface area contributed by atoms with E-state index in [2.05, 4.69) is 0 Å². The van der Waals surface area contributed by atoms with Gasteiger partial charge >= 0.3 is 0 Å². The summed E-state index contributed by atoms with van der Waals surface area (Å²) in [6, 6.07) is 6.95. The molecule has 2 N–H and O–H groups in total. The van der Waals surface area contributed by atoms with E-state index in [0.29, 0.717) is 5.17 Å². The number of aromatic hydroxyl groups is 1. The molecule has 13 heavy (non-hydrogen) atoms. The highest BCUT2D eigenvalue weighted by Gasteiger charge is 2.18. The van der Waals surface area contributed by atoms with Crippen LogP contribution in [0.5, 0.6) is 5.75 Å². The van der Waals surface area contributed by atoms with Gasteiger partial charge in [0, 0.05) is 18.0 Å². The van der Waals surface area contributed by atoms with E-state index in [9.17, 15) is 0 Å². The summed E-state index contributed by atoms with van der Waals surface area (Å²) in [5.41, 5.74) is 0.979. The largest absolute Gasteiger partial charge is 0.508 e. The molecule has 1 aliphatic rings. The van der Waals surface area contributed by atoms with Gasteiger partial charge in [0.25, 0.3) is 0 Å². The molecule has 4 heteroatoms. The summed E-state index contributed by atoms with van der Waals surface area (Å²) in [4.78, 5) is 1.93. The van der Waals surface area contributed by atoms with Crippen LogP contribution in [0.3, 0.4) is 0 Å². The summed E-state index contributed by atoms with van der Waals surface area (Å²) in [5, 5.41) is 17.3. The Bertz CT molecular complexity index is 323. The maximum Gasteiger partial charge on any atom is 0.160 e. The van der Waals surface area contributed by atoms with E-state index >= 15 is 0 Å². The Labute approximate surface area is 80.9 Å². The molecule has 0 radical (unpaired) electrons. The van der Waals surface area contributed by atoms with Crippen molar-refractivity contribution in [3.05, 3.63) is 24.3 Å². The predicted octanol–water partition coefficient (Wildman–Crippen LogP) is 1.88. The lowest BCUT2D eigenvalue weighted by Crippen LogP contribution is -2.22. The van der Waals surface area contributed by atoms with Crippen molar-refractivity contribution in [1.82, 2.24) is 0 Å². The molecule has 0 bridgehead atoms. The zero-order chi connectivity index (χ0) is 9.26. The van der Waals surface area contributed by atoms with Gasteiger partial charge in [0.2, 0.25) is 0 Å². The van der Waals surface area contributed by atoms with Crippen LogP contribution in [0.2, 0.25) is 0 Å². The summed E-state index contributed by atoms with van der Waals surface area (Å²) >= 11 is 1.55. The van der Waals surface area contributed by atoms with Gasteiger partial charge in [-0.3, -0.25) is 5.41 Å². The summed E-state index contributed by atoms with van der Waals surface area (Å²) < 4.78 is 0. The molecule has 3 nitrogen and oxygen atoms in total. The number of phenols is 1. The lowest BCUT2D eigenvalue weighted by Gasteiger charge is -2.16. The van der Waals surface area contributed by atoms with Crippen molar-refractivity contribution in [3.8, 4) is 5.75 Å². The number of nitrogens with one attached hydrogen (secondary N) is 1. The molecule has 0 aliphatic carbocycles. The Morgan fingerprint density at radius 2 is 2.00 bits per heavy atom. The Morgan fingerprint density at radius 1 is 1.31 bits per heavy atom. The van der Waals surface area contributed by atoms with Gasteiger partial charge < -0.3 is 10.0 Å². The number of hydrogen-bond donors (Lipinski definition) is 2. The van der Waals surface area contributed by atoms with Gasteiger partial charge in [-0.05, 0) is 24.3 Å². The van der Waals surface area contributed by atoms with Crippen molar-refractivity contribution in [2.45, 2.75) is 0 Å². The third-order valence-electron chi connectivity index (χ3n) is 1.96. The second-order valence-corrected chi connectivity index (χ2v) is 3.91. The van der Waals surface area contributed by atoms with E-state index in [1.807, 2.05) is 17.0 Å². The Morgan fingerprint density at radius 3 is 2.54 bits per heavy atom. The molecule has 0 aromatic heterocycles. The predicted molar refractivity (Wildman–Crippen MR) is 55.6 cm³/mol. The molecule has 68 valence electrons. The zero-order valence-electron chi connectivity index (χ0n) is 7.03. The first-order valence-electron chi connectivity index (χ1n) is 4.05. The third-order valence-corrected chi connectivity index (χ3v) is 2.84. The van der Waals surface area contributed by atoms with E-state index in [1.165, 1.54) is 0 Å². The number of benzene rings is 1.